The number of ether oxygens (including phenoxy) is 1. The Bertz CT molecular complexity index is 947. The number of furan rings is 1. The molecule has 0 fully saturated rings. The first-order valence-electron chi connectivity index (χ1n) is 9.35. The molecule has 0 aliphatic carbocycles. The van der Waals surface area contributed by atoms with Gasteiger partial charge in [-0.3, -0.25) is 4.79 Å². The molecule has 0 saturated heterocycles. The van der Waals surface area contributed by atoms with E-state index < -0.39 is 0 Å². The molecule has 1 atom stereocenters. The van der Waals surface area contributed by atoms with Gasteiger partial charge in [0.05, 0.1) is 0 Å². The van der Waals surface area contributed by atoms with Crippen molar-refractivity contribution in [3.05, 3.63) is 82.3 Å². The molecule has 1 amide bonds. The Morgan fingerprint density at radius 2 is 1.89 bits per heavy atom. The van der Waals surface area contributed by atoms with Crippen LogP contribution in [0.3, 0.4) is 0 Å². The summed E-state index contributed by atoms with van der Waals surface area (Å²) in [6, 6.07) is 16.8. The minimum absolute atomic E-state index is 0.227. The smallest absolute Gasteiger partial charge is 0.291 e. The van der Waals surface area contributed by atoms with Gasteiger partial charge in [0, 0.05) is 10.7 Å². The largest absolute Gasteiger partial charge is 0.486 e. The fraction of sp³-hybridized carbons (Fsp3) is 0.261. The molecule has 28 heavy (non-hydrogen) atoms. The van der Waals surface area contributed by atoms with Gasteiger partial charge in [0.25, 0.3) is 5.91 Å². The van der Waals surface area contributed by atoms with Crippen LogP contribution in [0, 0.1) is 6.92 Å². The molecule has 2 aromatic carbocycles. The van der Waals surface area contributed by atoms with Crippen molar-refractivity contribution in [2.45, 2.75) is 39.7 Å². The lowest BCUT2D eigenvalue weighted by Gasteiger charge is -2.10. The lowest BCUT2D eigenvalue weighted by Crippen LogP contribution is -2.11. The molecule has 0 aliphatic heterocycles. The average Bonchev–Trinajstić information content (AvgIpc) is 3.18. The molecule has 1 unspecified atom stereocenters. The Labute approximate surface area is 170 Å². The van der Waals surface area contributed by atoms with Crippen LogP contribution in [0.15, 0.2) is 59.0 Å². The summed E-state index contributed by atoms with van der Waals surface area (Å²) in [5.74, 6) is 1.78. The van der Waals surface area contributed by atoms with E-state index in [4.69, 9.17) is 20.8 Å². The monoisotopic (exact) mass is 397 g/mol. The molecule has 0 radical (unpaired) electrons. The van der Waals surface area contributed by atoms with E-state index in [0.29, 0.717) is 22.4 Å². The number of hydrogen-bond acceptors (Lipinski definition) is 3. The van der Waals surface area contributed by atoms with Gasteiger partial charge in [-0.1, -0.05) is 43.6 Å². The average molecular weight is 398 g/mol. The van der Waals surface area contributed by atoms with Gasteiger partial charge in [-0.25, -0.2) is 0 Å². The molecule has 146 valence electrons. The van der Waals surface area contributed by atoms with Crippen molar-refractivity contribution in [3.63, 3.8) is 0 Å². The number of hydrogen-bond donors (Lipinski definition) is 1. The van der Waals surface area contributed by atoms with E-state index in [1.165, 1.54) is 5.56 Å². The minimum Gasteiger partial charge on any atom is -0.486 e. The van der Waals surface area contributed by atoms with Crippen molar-refractivity contribution in [3.8, 4) is 5.75 Å². The Balaban J connectivity index is 1.59. The van der Waals surface area contributed by atoms with Crippen molar-refractivity contribution >= 4 is 23.2 Å². The molecule has 3 rings (SSSR count). The van der Waals surface area contributed by atoms with Crippen molar-refractivity contribution in [2.75, 3.05) is 5.32 Å². The molecule has 4 nitrogen and oxygen atoms in total. The fourth-order valence-corrected chi connectivity index (χ4v) is 2.95. The van der Waals surface area contributed by atoms with Crippen molar-refractivity contribution in [2.24, 2.45) is 0 Å². The third-order valence-corrected chi connectivity index (χ3v) is 5.01. The number of benzene rings is 2. The second kappa shape index (κ2) is 8.98. The van der Waals surface area contributed by atoms with Crippen LogP contribution in [0.2, 0.25) is 5.02 Å². The summed E-state index contributed by atoms with van der Waals surface area (Å²) in [4.78, 5) is 12.4. The molecule has 3 aromatic rings. The maximum absolute atomic E-state index is 12.4. The zero-order chi connectivity index (χ0) is 20.1. The number of carbonyl (C=O) groups excluding carboxylic acids is 1. The predicted molar refractivity (Wildman–Crippen MR) is 112 cm³/mol. The third kappa shape index (κ3) is 4.96. The first-order valence-corrected chi connectivity index (χ1v) is 9.73. The lowest BCUT2D eigenvalue weighted by atomic mass is 9.99. The summed E-state index contributed by atoms with van der Waals surface area (Å²) >= 11 is 5.99. The van der Waals surface area contributed by atoms with Crippen LogP contribution < -0.4 is 10.1 Å². The van der Waals surface area contributed by atoms with Gasteiger partial charge in [0.15, 0.2) is 5.76 Å². The van der Waals surface area contributed by atoms with E-state index in [2.05, 4.69) is 31.3 Å². The Kier molecular flexibility index (Phi) is 6.42. The number of carbonyl (C=O) groups is 1. The Morgan fingerprint density at radius 3 is 2.61 bits per heavy atom. The van der Waals surface area contributed by atoms with E-state index in [1.807, 2.05) is 25.1 Å². The van der Waals surface area contributed by atoms with Gasteiger partial charge < -0.3 is 14.5 Å². The normalized spacial score (nSPS) is 11.9. The summed E-state index contributed by atoms with van der Waals surface area (Å²) in [6.45, 7) is 6.54. The van der Waals surface area contributed by atoms with Crippen molar-refractivity contribution in [1.29, 1.82) is 0 Å². The molecular formula is C23H24ClNO3. The van der Waals surface area contributed by atoms with E-state index in [9.17, 15) is 4.79 Å². The van der Waals surface area contributed by atoms with Crippen LogP contribution >= 0.6 is 11.6 Å². The Morgan fingerprint density at radius 1 is 1.14 bits per heavy atom. The highest BCUT2D eigenvalue weighted by molar-refractivity contribution is 6.31. The molecule has 0 bridgehead atoms. The van der Waals surface area contributed by atoms with Gasteiger partial charge in [-0.2, -0.15) is 0 Å². The summed E-state index contributed by atoms with van der Waals surface area (Å²) in [7, 11) is 0. The number of halogens is 1. The van der Waals surface area contributed by atoms with Gasteiger partial charge >= 0.3 is 0 Å². The van der Waals surface area contributed by atoms with Crippen LogP contribution in [-0.4, -0.2) is 5.91 Å². The summed E-state index contributed by atoms with van der Waals surface area (Å²) in [6.07, 6.45) is 1.10. The molecule has 0 saturated carbocycles. The zero-order valence-electron chi connectivity index (χ0n) is 16.3. The fourth-order valence-electron chi connectivity index (χ4n) is 2.77. The number of anilines is 1. The highest BCUT2D eigenvalue weighted by Crippen LogP contribution is 2.23. The van der Waals surface area contributed by atoms with Gasteiger partial charge in [0.1, 0.15) is 18.1 Å². The maximum atomic E-state index is 12.4. The third-order valence-electron chi connectivity index (χ3n) is 4.78. The van der Waals surface area contributed by atoms with Crippen LogP contribution in [-0.2, 0) is 6.61 Å². The molecule has 0 spiro atoms. The summed E-state index contributed by atoms with van der Waals surface area (Å²) in [5, 5.41) is 3.38. The van der Waals surface area contributed by atoms with E-state index in [-0.39, 0.29) is 18.3 Å². The van der Waals surface area contributed by atoms with Crippen molar-refractivity contribution < 1.29 is 13.9 Å². The van der Waals surface area contributed by atoms with Crippen LogP contribution in [0.5, 0.6) is 5.75 Å². The number of nitrogens with one attached hydrogen (secondary N) is 1. The molecule has 5 heteroatoms. The van der Waals surface area contributed by atoms with Gasteiger partial charge in [-0.15, -0.1) is 0 Å². The van der Waals surface area contributed by atoms with Gasteiger partial charge in [0.2, 0.25) is 0 Å². The zero-order valence-corrected chi connectivity index (χ0v) is 17.0. The summed E-state index contributed by atoms with van der Waals surface area (Å²) in [5.41, 5.74) is 2.88. The topological polar surface area (TPSA) is 51.5 Å². The van der Waals surface area contributed by atoms with Gasteiger partial charge in [-0.05, 0) is 66.8 Å². The van der Waals surface area contributed by atoms with Crippen LogP contribution in [0.1, 0.15) is 53.6 Å². The van der Waals surface area contributed by atoms with E-state index in [1.54, 1.807) is 24.3 Å². The quantitative estimate of drug-likeness (QED) is 0.489. The minimum atomic E-state index is -0.325. The first kappa shape index (κ1) is 20.0. The van der Waals surface area contributed by atoms with Crippen molar-refractivity contribution in [1.82, 2.24) is 0 Å². The second-order valence-electron chi connectivity index (χ2n) is 6.85. The molecule has 1 aromatic heterocycles. The maximum Gasteiger partial charge on any atom is 0.291 e. The predicted octanol–water partition coefficient (Wildman–Crippen LogP) is 6.59. The Hall–Kier alpha value is -2.72. The molecule has 1 N–H and O–H groups in total. The number of aryl methyl sites for hydroxylation is 1. The number of rotatable bonds is 7. The highest BCUT2D eigenvalue weighted by Gasteiger charge is 2.13. The standard InChI is InChI=1S/C23H24ClNO3/c1-4-15(2)17-6-9-19(10-7-17)27-14-20-11-12-22(28-20)23(26)25-21-13-18(24)8-5-16(21)3/h5-13,15H,4,14H2,1-3H3,(H,25,26). The highest BCUT2D eigenvalue weighted by atomic mass is 35.5. The van der Waals surface area contributed by atoms with E-state index >= 15 is 0 Å². The molecule has 0 aliphatic rings. The van der Waals surface area contributed by atoms with E-state index in [0.717, 1.165) is 17.7 Å². The van der Waals surface area contributed by atoms with Crippen LogP contribution in [0.25, 0.3) is 0 Å². The lowest BCUT2D eigenvalue weighted by molar-refractivity contribution is 0.0992. The van der Waals surface area contributed by atoms with Crippen LogP contribution in [0.4, 0.5) is 5.69 Å². The SMILES string of the molecule is CCC(C)c1ccc(OCc2ccc(C(=O)Nc3cc(Cl)ccc3C)o2)cc1. The second-order valence-corrected chi connectivity index (χ2v) is 7.28. The summed E-state index contributed by atoms with van der Waals surface area (Å²) < 4.78 is 11.4. The number of amides is 1. The molecule has 1 heterocycles. The first-order chi connectivity index (χ1) is 13.5. The molecular weight excluding hydrogens is 374 g/mol.